The molecule has 0 radical (unpaired) electrons. The maximum atomic E-state index is 13.7. The first-order valence-corrected chi connectivity index (χ1v) is 12.9. The second-order valence-corrected chi connectivity index (χ2v) is 11.0. The second kappa shape index (κ2) is 9.69. The molecule has 0 saturated carbocycles. The van der Waals surface area contributed by atoms with Gasteiger partial charge in [0.15, 0.2) is 0 Å². The zero-order chi connectivity index (χ0) is 25.4. The molecule has 3 heterocycles. The number of fused-ring (bicyclic) bond motifs is 3. The number of nitrogens with one attached hydrogen (secondary N) is 1. The average Bonchev–Trinajstić information content (AvgIpc) is 3.21. The van der Waals surface area contributed by atoms with Crippen molar-refractivity contribution < 1.29 is 9.53 Å². The fraction of sp³-hybridized carbons (Fsp3) is 0.296. The standard InChI is InChI=1S/C27H26ClN3O4S/c1-27(2)14-20-21(16-35-27)36-25-23(20)24(33)31(19-10-8-18(28)9-11-19)26(34)30(25)15-22(32)29-13-12-17-6-4-3-5-7-17/h3-11H,12-16H2,1-2H3,(H,29,32). The molecule has 2 aromatic heterocycles. The molecule has 36 heavy (non-hydrogen) atoms. The molecule has 9 heteroatoms. The van der Waals surface area contributed by atoms with E-state index < -0.39 is 16.9 Å². The Morgan fingerprint density at radius 1 is 1.11 bits per heavy atom. The molecule has 1 aliphatic heterocycles. The lowest BCUT2D eigenvalue weighted by Gasteiger charge is -2.29. The number of ether oxygens (including phenoxy) is 1. The van der Waals surface area contributed by atoms with E-state index in [4.69, 9.17) is 16.3 Å². The van der Waals surface area contributed by atoms with Crippen LogP contribution in [0.15, 0.2) is 64.2 Å². The van der Waals surface area contributed by atoms with Crippen molar-refractivity contribution in [3.8, 4) is 5.69 Å². The topological polar surface area (TPSA) is 82.3 Å². The summed E-state index contributed by atoms with van der Waals surface area (Å²) in [4.78, 5) is 41.7. The van der Waals surface area contributed by atoms with Gasteiger partial charge in [0.05, 0.1) is 23.3 Å². The Bertz CT molecular complexity index is 1550. The van der Waals surface area contributed by atoms with E-state index in [0.29, 0.717) is 46.9 Å². The molecule has 0 atom stereocenters. The molecule has 0 saturated heterocycles. The molecule has 4 aromatic rings. The number of nitrogens with zero attached hydrogens (tertiary/aromatic N) is 2. The third-order valence-electron chi connectivity index (χ3n) is 6.32. The maximum Gasteiger partial charge on any atom is 0.337 e. The van der Waals surface area contributed by atoms with Gasteiger partial charge in [-0.25, -0.2) is 9.36 Å². The highest BCUT2D eigenvalue weighted by Gasteiger charge is 2.32. The van der Waals surface area contributed by atoms with Gasteiger partial charge in [-0.15, -0.1) is 11.3 Å². The highest BCUT2D eigenvalue weighted by atomic mass is 35.5. The van der Waals surface area contributed by atoms with Gasteiger partial charge in [0.1, 0.15) is 11.4 Å². The molecule has 186 valence electrons. The van der Waals surface area contributed by atoms with Gasteiger partial charge in [0, 0.05) is 22.9 Å². The third kappa shape index (κ3) is 4.76. The van der Waals surface area contributed by atoms with Gasteiger partial charge < -0.3 is 10.1 Å². The van der Waals surface area contributed by atoms with E-state index in [-0.39, 0.29) is 12.5 Å². The molecule has 0 fully saturated rings. The van der Waals surface area contributed by atoms with Crippen LogP contribution in [0, 0.1) is 0 Å². The summed E-state index contributed by atoms with van der Waals surface area (Å²) in [6.45, 7) is 4.57. The van der Waals surface area contributed by atoms with Crippen LogP contribution in [0.2, 0.25) is 5.02 Å². The van der Waals surface area contributed by atoms with Crippen LogP contribution in [0.25, 0.3) is 15.9 Å². The molecule has 5 rings (SSSR count). The van der Waals surface area contributed by atoms with E-state index in [1.165, 1.54) is 15.9 Å². The van der Waals surface area contributed by atoms with E-state index in [1.807, 2.05) is 44.2 Å². The molecule has 7 nitrogen and oxygen atoms in total. The summed E-state index contributed by atoms with van der Waals surface area (Å²) in [5, 5.41) is 3.87. The van der Waals surface area contributed by atoms with E-state index in [9.17, 15) is 14.4 Å². The number of carbonyl (C=O) groups is 1. The van der Waals surface area contributed by atoms with Crippen LogP contribution in [0.4, 0.5) is 0 Å². The van der Waals surface area contributed by atoms with Gasteiger partial charge in [-0.1, -0.05) is 41.9 Å². The first-order chi connectivity index (χ1) is 17.2. The van der Waals surface area contributed by atoms with Crippen molar-refractivity contribution in [2.75, 3.05) is 6.54 Å². The Morgan fingerprint density at radius 3 is 2.56 bits per heavy atom. The highest BCUT2D eigenvalue weighted by molar-refractivity contribution is 7.18. The van der Waals surface area contributed by atoms with E-state index in [2.05, 4.69) is 5.32 Å². The van der Waals surface area contributed by atoms with E-state index >= 15 is 0 Å². The Labute approximate surface area is 216 Å². The fourth-order valence-electron chi connectivity index (χ4n) is 4.50. The summed E-state index contributed by atoms with van der Waals surface area (Å²) in [6.07, 6.45) is 1.22. The van der Waals surface area contributed by atoms with Crippen LogP contribution in [0.5, 0.6) is 0 Å². The van der Waals surface area contributed by atoms with Gasteiger partial charge in [-0.3, -0.25) is 14.2 Å². The van der Waals surface area contributed by atoms with Gasteiger partial charge in [0.25, 0.3) is 5.56 Å². The lowest BCUT2D eigenvalue weighted by atomic mass is 9.94. The number of amides is 1. The average molecular weight is 524 g/mol. The van der Waals surface area contributed by atoms with Crippen LogP contribution < -0.4 is 16.6 Å². The van der Waals surface area contributed by atoms with Crippen molar-refractivity contribution >= 4 is 39.1 Å². The predicted molar refractivity (Wildman–Crippen MR) is 142 cm³/mol. The lowest BCUT2D eigenvalue weighted by Crippen LogP contribution is -2.42. The number of rotatable bonds is 6. The Hall–Kier alpha value is -3.20. The quantitative estimate of drug-likeness (QED) is 0.413. The molecule has 2 aromatic carbocycles. The maximum absolute atomic E-state index is 13.7. The number of carbonyl (C=O) groups excluding carboxylic acids is 1. The van der Waals surface area contributed by atoms with Crippen LogP contribution in [0.3, 0.4) is 0 Å². The number of thiophene rings is 1. The monoisotopic (exact) mass is 523 g/mol. The summed E-state index contributed by atoms with van der Waals surface area (Å²) in [7, 11) is 0. The fourth-order valence-corrected chi connectivity index (χ4v) is 5.84. The summed E-state index contributed by atoms with van der Waals surface area (Å²) >= 11 is 7.39. The summed E-state index contributed by atoms with van der Waals surface area (Å²) in [5.41, 5.74) is 1.01. The van der Waals surface area contributed by atoms with Gasteiger partial charge >= 0.3 is 5.69 Å². The molecule has 1 aliphatic rings. The van der Waals surface area contributed by atoms with Crippen LogP contribution in [-0.4, -0.2) is 27.2 Å². The minimum Gasteiger partial charge on any atom is -0.370 e. The van der Waals surface area contributed by atoms with Crippen molar-refractivity contribution in [2.45, 2.75) is 45.4 Å². The Kier molecular flexibility index (Phi) is 6.59. The van der Waals surface area contributed by atoms with E-state index in [1.54, 1.807) is 24.3 Å². The number of halogens is 1. The van der Waals surface area contributed by atoms with Gasteiger partial charge in [-0.2, -0.15) is 0 Å². The van der Waals surface area contributed by atoms with Gasteiger partial charge in [-0.05, 0) is 55.7 Å². The molecular weight excluding hydrogens is 498 g/mol. The normalized spacial score (nSPS) is 14.5. The lowest BCUT2D eigenvalue weighted by molar-refractivity contribution is -0.121. The molecule has 0 aliphatic carbocycles. The number of hydrogen-bond donors (Lipinski definition) is 1. The molecule has 1 amide bonds. The summed E-state index contributed by atoms with van der Waals surface area (Å²) < 4.78 is 8.49. The predicted octanol–water partition coefficient (Wildman–Crippen LogP) is 4.08. The molecule has 1 N–H and O–H groups in total. The van der Waals surface area contributed by atoms with Crippen molar-refractivity contribution in [2.24, 2.45) is 0 Å². The third-order valence-corrected chi connectivity index (χ3v) is 7.80. The van der Waals surface area contributed by atoms with Gasteiger partial charge in [0.2, 0.25) is 5.91 Å². The zero-order valence-corrected chi connectivity index (χ0v) is 21.6. The molecule has 0 spiro atoms. The number of benzene rings is 2. The van der Waals surface area contributed by atoms with E-state index in [0.717, 1.165) is 20.6 Å². The molecule has 0 bridgehead atoms. The largest absolute Gasteiger partial charge is 0.370 e. The first-order valence-electron chi connectivity index (χ1n) is 11.7. The van der Waals surface area contributed by atoms with Crippen LogP contribution >= 0.6 is 22.9 Å². The minimum absolute atomic E-state index is 0.193. The van der Waals surface area contributed by atoms with Crippen LogP contribution in [0.1, 0.15) is 29.9 Å². The smallest absolute Gasteiger partial charge is 0.337 e. The first kappa shape index (κ1) is 24.5. The molecular formula is C27H26ClN3O4S. The zero-order valence-electron chi connectivity index (χ0n) is 20.0. The summed E-state index contributed by atoms with van der Waals surface area (Å²) in [5.74, 6) is -0.293. The highest BCUT2D eigenvalue weighted by Crippen LogP contribution is 2.37. The van der Waals surface area contributed by atoms with Crippen molar-refractivity contribution in [1.29, 1.82) is 0 Å². The van der Waals surface area contributed by atoms with Crippen molar-refractivity contribution in [3.63, 3.8) is 0 Å². The van der Waals surface area contributed by atoms with Crippen LogP contribution in [-0.2, 0) is 35.5 Å². The number of hydrogen-bond acceptors (Lipinski definition) is 5. The Morgan fingerprint density at radius 2 is 1.83 bits per heavy atom. The second-order valence-electron chi connectivity index (χ2n) is 9.48. The Balaban J connectivity index is 1.57. The SMILES string of the molecule is CC1(C)Cc2c(sc3c2c(=O)n(-c2ccc(Cl)cc2)c(=O)n3CC(=O)NCCc2ccccc2)CO1. The number of aromatic nitrogens is 2. The molecule has 0 unspecified atom stereocenters. The summed E-state index contributed by atoms with van der Waals surface area (Å²) in [6, 6.07) is 16.4. The van der Waals surface area contributed by atoms with Crippen molar-refractivity contribution in [1.82, 2.24) is 14.5 Å². The minimum atomic E-state index is -0.563. The van der Waals surface area contributed by atoms with Crippen molar-refractivity contribution in [3.05, 3.63) is 96.5 Å².